The van der Waals surface area contributed by atoms with Crippen LogP contribution in [0.3, 0.4) is 0 Å². The molecule has 2 atom stereocenters. The molecule has 2 aliphatic carbocycles. The van der Waals surface area contributed by atoms with Crippen LogP contribution in [0, 0.1) is 29.6 Å². The van der Waals surface area contributed by atoms with Crippen LogP contribution in [0.4, 0.5) is 0 Å². The SMILES string of the molecule is C=CC1CCC(/C=C/C2CCC(C3CCC(CCC)CC3)CO2)CC1. The van der Waals surface area contributed by atoms with Crippen molar-refractivity contribution in [1.29, 1.82) is 0 Å². The summed E-state index contributed by atoms with van der Waals surface area (Å²) in [5.74, 6) is 4.37. The third-order valence-corrected chi connectivity index (χ3v) is 7.35. The van der Waals surface area contributed by atoms with Crippen LogP contribution in [-0.4, -0.2) is 12.7 Å². The first-order valence-electron chi connectivity index (χ1n) is 11.2. The highest BCUT2D eigenvalue weighted by molar-refractivity contribution is 4.98. The predicted octanol–water partition coefficient (Wildman–Crippen LogP) is 6.94. The number of allylic oxidation sites excluding steroid dienone is 2. The maximum absolute atomic E-state index is 6.25. The lowest BCUT2D eigenvalue weighted by molar-refractivity contribution is -0.0170. The van der Waals surface area contributed by atoms with Gasteiger partial charge in [-0.2, -0.15) is 0 Å². The zero-order valence-corrected chi connectivity index (χ0v) is 16.5. The van der Waals surface area contributed by atoms with Crippen LogP contribution in [0.25, 0.3) is 0 Å². The Kier molecular flexibility index (Phi) is 7.65. The van der Waals surface area contributed by atoms with E-state index in [-0.39, 0.29) is 0 Å². The monoisotopic (exact) mass is 344 g/mol. The summed E-state index contributed by atoms with van der Waals surface area (Å²) < 4.78 is 6.25. The van der Waals surface area contributed by atoms with Gasteiger partial charge in [-0.3, -0.25) is 0 Å². The van der Waals surface area contributed by atoms with Gasteiger partial charge in [0.15, 0.2) is 0 Å². The Labute approximate surface area is 156 Å². The maximum Gasteiger partial charge on any atom is 0.0756 e. The Balaban J connectivity index is 1.35. The first-order chi connectivity index (χ1) is 12.3. The van der Waals surface area contributed by atoms with Gasteiger partial charge in [-0.05, 0) is 81.0 Å². The second kappa shape index (κ2) is 9.95. The van der Waals surface area contributed by atoms with Gasteiger partial charge in [0.25, 0.3) is 0 Å². The van der Waals surface area contributed by atoms with E-state index in [2.05, 4.69) is 31.7 Å². The van der Waals surface area contributed by atoms with Crippen molar-refractivity contribution < 1.29 is 4.74 Å². The molecule has 25 heavy (non-hydrogen) atoms. The van der Waals surface area contributed by atoms with E-state index in [1.54, 1.807) is 0 Å². The average molecular weight is 345 g/mol. The van der Waals surface area contributed by atoms with E-state index in [1.807, 2.05) is 0 Å². The van der Waals surface area contributed by atoms with Gasteiger partial charge in [0.2, 0.25) is 0 Å². The van der Waals surface area contributed by atoms with Crippen LogP contribution < -0.4 is 0 Å². The van der Waals surface area contributed by atoms with E-state index in [0.717, 1.165) is 36.2 Å². The van der Waals surface area contributed by atoms with Gasteiger partial charge in [-0.15, -0.1) is 6.58 Å². The van der Waals surface area contributed by atoms with E-state index in [0.29, 0.717) is 6.10 Å². The zero-order chi connectivity index (χ0) is 17.5. The number of ether oxygens (including phenoxy) is 1. The summed E-state index contributed by atoms with van der Waals surface area (Å²) in [7, 11) is 0. The van der Waals surface area contributed by atoms with Crippen LogP contribution in [0.2, 0.25) is 0 Å². The van der Waals surface area contributed by atoms with Crippen molar-refractivity contribution in [2.24, 2.45) is 29.6 Å². The summed E-state index contributed by atoms with van der Waals surface area (Å²) in [6.45, 7) is 7.30. The standard InChI is InChI=1S/C24H40O/c1-3-5-20-10-13-22(14-11-20)23-15-17-24(25-18-23)16-12-21-8-6-19(4-2)7-9-21/h4,12,16,19-24H,2-3,5-11,13-15,17-18H2,1H3/b16-12+. The molecular formula is C24H40O. The topological polar surface area (TPSA) is 9.23 Å². The molecule has 1 aliphatic heterocycles. The van der Waals surface area contributed by atoms with E-state index in [9.17, 15) is 0 Å². The molecule has 1 heterocycles. The van der Waals surface area contributed by atoms with E-state index < -0.39 is 0 Å². The fourth-order valence-corrected chi connectivity index (χ4v) is 5.53. The van der Waals surface area contributed by atoms with Crippen LogP contribution in [-0.2, 0) is 4.74 Å². The number of hydrogen-bond acceptors (Lipinski definition) is 1. The minimum Gasteiger partial charge on any atom is -0.374 e. The van der Waals surface area contributed by atoms with Gasteiger partial charge >= 0.3 is 0 Å². The van der Waals surface area contributed by atoms with Gasteiger partial charge in [0.1, 0.15) is 0 Å². The molecular weight excluding hydrogens is 304 g/mol. The molecule has 0 aromatic rings. The largest absolute Gasteiger partial charge is 0.374 e. The van der Waals surface area contributed by atoms with Crippen LogP contribution in [0.15, 0.2) is 24.8 Å². The van der Waals surface area contributed by atoms with Crippen molar-refractivity contribution in [2.75, 3.05) is 6.61 Å². The highest BCUT2D eigenvalue weighted by atomic mass is 16.5. The molecule has 3 rings (SSSR count). The lowest BCUT2D eigenvalue weighted by Gasteiger charge is -2.37. The molecule has 0 radical (unpaired) electrons. The Morgan fingerprint density at radius 2 is 1.48 bits per heavy atom. The number of hydrogen-bond donors (Lipinski definition) is 0. The molecule has 142 valence electrons. The van der Waals surface area contributed by atoms with Gasteiger partial charge < -0.3 is 4.74 Å². The quantitative estimate of drug-likeness (QED) is 0.474. The molecule has 0 N–H and O–H groups in total. The summed E-state index contributed by atoms with van der Waals surface area (Å²) in [4.78, 5) is 0. The minimum absolute atomic E-state index is 0.393. The molecule has 0 bridgehead atoms. The van der Waals surface area contributed by atoms with Crippen molar-refractivity contribution >= 4 is 0 Å². The minimum atomic E-state index is 0.393. The molecule has 1 nitrogen and oxygen atoms in total. The summed E-state index contributed by atoms with van der Waals surface area (Å²) >= 11 is 0. The zero-order valence-electron chi connectivity index (χ0n) is 16.5. The molecule has 1 heteroatoms. The maximum atomic E-state index is 6.25. The van der Waals surface area contributed by atoms with Gasteiger partial charge in [0.05, 0.1) is 12.7 Å². The first kappa shape index (κ1) is 19.2. The second-order valence-corrected chi connectivity index (χ2v) is 9.07. The summed E-state index contributed by atoms with van der Waals surface area (Å²) in [5, 5.41) is 0. The Morgan fingerprint density at radius 3 is 2.08 bits per heavy atom. The first-order valence-corrected chi connectivity index (χ1v) is 11.2. The molecule has 1 saturated heterocycles. The molecule has 3 fully saturated rings. The molecule has 0 aromatic heterocycles. The van der Waals surface area contributed by atoms with Crippen molar-refractivity contribution in [2.45, 2.75) is 90.1 Å². The van der Waals surface area contributed by atoms with Gasteiger partial charge in [-0.25, -0.2) is 0 Å². The van der Waals surface area contributed by atoms with Crippen LogP contribution in [0.5, 0.6) is 0 Å². The third-order valence-electron chi connectivity index (χ3n) is 7.35. The molecule has 0 spiro atoms. The van der Waals surface area contributed by atoms with E-state index in [4.69, 9.17) is 4.74 Å². The summed E-state index contributed by atoms with van der Waals surface area (Å²) in [5.41, 5.74) is 0. The third kappa shape index (κ3) is 5.71. The Hall–Kier alpha value is -0.560. The highest BCUT2D eigenvalue weighted by Crippen LogP contribution is 2.39. The molecule has 0 aromatic carbocycles. The fourth-order valence-electron chi connectivity index (χ4n) is 5.53. The summed E-state index contributed by atoms with van der Waals surface area (Å²) in [6.07, 6.45) is 24.1. The van der Waals surface area contributed by atoms with Crippen molar-refractivity contribution in [3.63, 3.8) is 0 Å². The Morgan fingerprint density at radius 1 is 0.800 bits per heavy atom. The lowest BCUT2D eigenvalue weighted by Crippen LogP contribution is -2.31. The lowest BCUT2D eigenvalue weighted by atomic mass is 9.73. The van der Waals surface area contributed by atoms with Crippen molar-refractivity contribution in [3.8, 4) is 0 Å². The predicted molar refractivity (Wildman–Crippen MR) is 108 cm³/mol. The fraction of sp³-hybridized carbons (Fsp3) is 0.833. The smallest absolute Gasteiger partial charge is 0.0756 e. The van der Waals surface area contributed by atoms with Crippen molar-refractivity contribution in [1.82, 2.24) is 0 Å². The van der Waals surface area contributed by atoms with E-state index in [1.165, 1.54) is 77.0 Å². The van der Waals surface area contributed by atoms with Crippen LogP contribution in [0.1, 0.15) is 84.0 Å². The number of rotatable bonds is 6. The second-order valence-electron chi connectivity index (χ2n) is 9.07. The molecule has 2 unspecified atom stereocenters. The summed E-state index contributed by atoms with van der Waals surface area (Å²) in [6, 6.07) is 0. The molecule has 2 saturated carbocycles. The van der Waals surface area contributed by atoms with Crippen molar-refractivity contribution in [3.05, 3.63) is 24.8 Å². The van der Waals surface area contributed by atoms with Gasteiger partial charge in [0, 0.05) is 0 Å². The average Bonchev–Trinajstić information content (AvgIpc) is 2.68. The Bertz CT molecular complexity index is 402. The van der Waals surface area contributed by atoms with Gasteiger partial charge in [-0.1, -0.05) is 50.8 Å². The normalized spacial score (nSPS) is 40.2. The molecule has 3 aliphatic rings. The highest BCUT2D eigenvalue weighted by Gasteiger charge is 2.30. The molecule has 0 amide bonds. The van der Waals surface area contributed by atoms with E-state index >= 15 is 0 Å². The van der Waals surface area contributed by atoms with Crippen LogP contribution >= 0.6 is 0 Å².